The van der Waals surface area contributed by atoms with E-state index >= 15 is 0 Å². The van der Waals surface area contributed by atoms with Crippen LogP contribution in [0.3, 0.4) is 0 Å². The predicted molar refractivity (Wildman–Crippen MR) is 116 cm³/mol. The minimum atomic E-state index is -3.48. The Morgan fingerprint density at radius 1 is 1.07 bits per heavy atom. The Bertz CT molecular complexity index is 1090. The molecule has 0 spiro atoms. The molecule has 30 heavy (non-hydrogen) atoms. The van der Waals surface area contributed by atoms with Crippen LogP contribution in [-0.4, -0.2) is 36.0 Å². The van der Waals surface area contributed by atoms with Gasteiger partial charge >= 0.3 is 0 Å². The molecule has 2 aromatic carbocycles. The first-order chi connectivity index (χ1) is 14.5. The number of nitrogens with zero attached hydrogens (tertiary/aromatic N) is 3. The van der Waals surface area contributed by atoms with E-state index in [-0.39, 0.29) is 5.92 Å². The summed E-state index contributed by atoms with van der Waals surface area (Å²) >= 11 is 5.92. The van der Waals surface area contributed by atoms with Crippen molar-refractivity contribution in [1.82, 2.24) is 14.4 Å². The third kappa shape index (κ3) is 4.43. The fourth-order valence-corrected chi connectivity index (χ4v) is 5.33. The van der Waals surface area contributed by atoms with Crippen LogP contribution in [0.2, 0.25) is 5.02 Å². The van der Waals surface area contributed by atoms with Crippen molar-refractivity contribution in [3.8, 4) is 11.5 Å². The fraction of sp³-hybridized carbons (Fsp3) is 0.364. The first-order valence-corrected chi connectivity index (χ1v) is 12.0. The van der Waals surface area contributed by atoms with Crippen molar-refractivity contribution in [1.29, 1.82) is 0 Å². The highest BCUT2D eigenvalue weighted by Gasteiger charge is 2.31. The summed E-state index contributed by atoms with van der Waals surface area (Å²) in [6, 6.07) is 14.5. The van der Waals surface area contributed by atoms with Crippen molar-refractivity contribution in [2.24, 2.45) is 0 Å². The summed E-state index contributed by atoms with van der Waals surface area (Å²) in [5.74, 6) is 1.15. The Kier molecular flexibility index (Phi) is 6.22. The lowest BCUT2D eigenvalue weighted by Crippen LogP contribution is -2.38. The van der Waals surface area contributed by atoms with E-state index in [1.807, 2.05) is 24.3 Å². The van der Waals surface area contributed by atoms with Crippen LogP contribution < -0.4 is 0 Å². The summed E-state index contributed by atoms with van der Waals surface area (Å²) in [4.78, 5) is 4.87. The van der Waals surface area contributed by atoms with Crippen molar-refractivity contribution in [2.45, 2.75) is 43.4 Å². The number of sulfonamides is 1. The van der Waals surface area contributed by atoms with Gasteiger partial charge in [0.15, 0.2) is 5.82 Å². The van der Waals surface area contributed by atoms with Crippen LogP contribution in [0, 0.1) is 0 Å². The Hall–Kier alpha value is -2.22. The lowest BCUT2D eigenvalue weighted by Gasteiger charge is -2.29. The first-order valence-electron chi connectivity index (χ1n) is 10.2. The van der Waals surface area contributed by atoms with Gasteiger partial charge in [0.05, 0.1) is 4.90 Å². The van der Waals surface area contributed by atoms with E-state index in [9.17, 15) is 8.42 Å². The van der Waals surface area contributed by atoms with E-state index in [1.54, 1.807) is 28.6 Å². The zero-order chi connectivity index (χ0) is 21.1. The maximum Gasteiger partial charge on any atom is 0.257 e. The minimum Gasteiger partial charge on any atom is -0.334 e. The van der Waals surface area contributed by atoms with Gasteiger partial charge in [0.1, 0.15) is 0 Å². The van der Waals surface area contributed by atoms with Crippen molar-refractivity contribution < 1.29 is 12.9 Å². The second-order valence-corrected chi connectivity index (χ2v) is 9.91. The molecule has 1 fully saturated rings. The molecule has 0 radical (unpaired) electrons. The summed E-state index contributed by atoms with van der Waals surface area (Å²) in [5.41, 5.74) is 1.97. The van der Waals surface area contributed by atoms with Crippen LogP contribution >= 0.6 is 11.6 Å². The third-order valence-electron chi connectivity index (χ3n) is 5.45. The van der Waals surface area contributed by atoms with E-state index in [0.29, 0.717) is 47.6 Å². The van der Waals surface area contributed by atoms with Crippen LogP contribution in [0.1, 0.15) is 43.5 Å². The molecule has 3 aromatic rings. The summed E-state index contributed by atoms with van der Waals surface area (Å²) in [5, 5.41) is 4.77. The van der Waals surface area contributed by atoms with Crippen molar-refractivity contribution in [3.63, 3.8) is 0 Å². The monoisotopic (exact) mass is 445 g/mol. The molecule has 0 N–H and O–H groups in total. The fourth-order valence-electron chi connectivity index (χ4n) is 3.73. The number of rotatable bonds is 6. The van der Waals surface area contributed by atoms with Crippen molar-refractivity contribution in [3.05, 3.63) is 64.9 Å². The average Bonchev–Trinajstić information content (AvgIpc) is 3.25. The molecule has 1 aliphatic rings. The summed E-state index contributed by atoms with van der Waals surface area (Å²) in [7, 11) is -3.48. The van der Waals surface area contributed by atoms with Gasteiger partial charge in [-0.2, -0.15) is 9.29 Å². The molecule has 8 heteroatoms. The molecule has 0 aliphatic carbocycles. The minimum absolute atomic E-state index is 0.0770. The highest BCUT2D eigenvalue weighted by atomic mass is 35.5. The number of hydrogen-bond donors (Lipinski definition) is 0. The predicted octanol–water partition coefficient (Wildman–Crippen LogP) is 4.91. The van der Waals surface area contributed by atoms with Gasteiger partial charge in [-0.05, 0) is 61.2 Å². The molecule has 1 aromatic heterocycles. The molecule has 0 atom stereocenters. The largest absolute Gasteiger partial charge is 0.334 e. The summed E-state index contributed by atoms with van der Waals surface area (Å²) < 4.78 is 32.9. The number of piperidine rings is 1. The molecule has 0 saturated carbocycles. The molecule has 0 unspecified atom stereocenters. The molecular weight excluding hydrogens is 422 g/mol. The second-order valence-electron chi connectivity index (χ2n) is 7.54. The van der Waals surface area contributed by atoms with E-state index < -0.39 is 10.0 Å². The molecule has 0 amide bonds. The zero-order valence-corrected chi connectivity index (χ0v) is 18.4. The quantitative estimate of drug-likeness (QED) is 0.538. The molecule has 2 heterocycles. The van der Waals surface area contributed by atoms with Crippen LogP contribution in [0.15, 0.2) is 57.9 Å². The second kappa shape index (κ2) is 8.88. The zero-order valence-electron chi connectivity index (χ0n) is 16.8. The van der Waals surface area contributed by atoms with E-state index in [2.05, 4.69) is 17.1 Å². The van der Waals surface area contributed by atoms with Gasteiger partial charge in [-0.15, -0.1) is 0 Å². The van der Waals surface area contributed by atoms with Gasteiger partial charge in [-0.25, -0.2) is 8.42 Å². The molecule has 6 nitrogen and oxygen atoms in total. The van der Waals surface area contributed by atoms with Crippen molar-refractivity contribution >= 4 is 21.6 Å². The van der Waals surface area contributed by atoms with Gasteiger partial charge in [-0.1, -0.05) is 42.2 Å². The van der Waals surface area contributed by atoms with Crippen LogP contribution in [0.25, 0.3) is 11.5 Å². The van der Waals surface area contributed by atoms with Gasteiger partial charge in [0.25, 0.3) is 5.89 Å². The van der Waals surface area contributed by atoms with Gasteiger partial charge in [0.2, 0.25) is 10.0 Å². The van der Waals surface area contributed by atoms with Gasteiger partial charge < -0.3 is 4.52 Å². The number of hydrogen-bond acceptors (Lipinski definition) is 5. The number of halogens is 1. The third-order valence-corrected chi connectivity index (χ3v) is 7.62. The highest BCUT2D eigenvalue weighted by molar-refractivity contribution is 7.89. The first kappa shape index (κ1) is 21.0. The summed E-state index contributed by atoms with van der Waals surface area (Å²) in [6.45, 7) is 2.99. The van der Waals surface area contributed by atoms with Crippen molar-refractivity contribution in [2.75, 3.05) is 13.1 Å². The average molecular weight is 446 g/mol. The SMILES string of the molecule is CCCc1ccc(S(=O)(=O)N2CCC(c3noc(-c4ccc(Cl)cc4)n3)CC2)cc1. The van der Waals surface area contributed by atoms with E-state index in [1.165, 1.54) is 0 Å². The Morgan fingerprint density at radius 2 is 1.73 bits per heavy atom. The Balaban J connectivity index is 1.41. The van der Waals surface area contributed by atoms with Crippen LogP contribution in [0.4, 0.5) is 0 Å². The number of aromatic nitrogens is 2. The van der Waals surface area contributed by atoms with Gasteiger partial charge in [0, 0.05) is 29.6 Å². The van der Waals surface area contributed by atoms with Crippen LogP contribution in [0.5, 0.6) is 0 Å². The maximum atomic E-state index is 13.0. The molecule has 4 rings (SSSR count). The van der Waals surface area contributed by atoms with E-state index in [4.69, 9.17) is 16.1 Å². The standard InChI is InChI=1S/C22H24ClN3O3S/c1-2-3-16-4-10-20(11-5-16)30(27,28)26-14-12-17(13-15-26)21-24-22(29-25-21)18-6-8-19(23)9-7-18/h4-11,17H,2-3,12-15H2,1H3. The Labute approximate surface area is 181 Å². The summed E-state index contributed by atoms with van der Waals surface area (Å²) in [6.07, 6.45) is 3.31. The topological polar surface area (TPSA) is 76.3 Å². The van der Waals surface area contributed by atoms with Crippen LogP contribution in [-0.2, 0) is 16.4 Å². The smallest absolute Gasteiger partial charge is 0.257 e. The lowest BCUT2D eigenvalue weighted by molar-refractivity contribution is 0.307. The molecule has 1 saturated heterocycles. The number of benzene rings is 2. The van der Waals surface area contributed by atoms with E-state index in [0.717, 1.165) is 24.0 Å². The molecule has 158 valence electrons. The molecule has 1 aliphatic heterocycles. The number of aryl methyl sites for hydroxylation is 1. The van der Waals surface area contributed by atoms with Gasteiger partial charge in [-0.3, -0.25) is 0 Å². The normalized spacial score (nSPS) is 16.1. The lowest BCUT2D eigenvalue weighted by atomic mass is 9.97. The highest BCUT2D eigenvalue weighted by Crippen LogP contribution is 2.31. The molecule has 0 bridgehead atoms. The maximum absolute atomic E-state index is 13.0. The Morgan fingerprint density at radius 3 is 2.37 bits per heavy atom. The molecular formula is C22H24ClN3O3S.